The molecule has 1 aromatic carbocycles. The monoisotopic (exact) mass is 271 g/mol. The highest BCUT2D eigenvalue weighted by molar-refractivity contribution is 7.89. The number of alkyl halides is 4. The molecule has 0 aliphatic rings. The van der Waals surface area contributed by atoms with Gasteiger partial charge < -0.3 is 0 Å². The molecule has 1 rings (SSSR count). The van der Waals surface area contributed by atoms with Gasteiger partial charge in [-0.3, -0.25) is 0 Å². The van der Waals surface area contributed by atoms with E-state index in [2.05, 4.69) is 0 Å². The van der Waals surface area contributed by atoms with Gasteiger partial charge >= 0.3 is 12.3 Å². The summed E-state index contributed by atoms with van der Waals surface area (Å²) in [5.74, 6) is -4.39. The van der Waals surface area contributed by atoms with Crippen LogP contribution in [0.5, 0.6) is 0 Å². The van der Waals surface area contributed by atoms with Crippen LogP contribution in [0.2, 0.25) is 0 Å². The standard InChI is InChI=1S/C9H9F4NO2S/c10-8(11)9(12,13)6-14-17(15,16)7-4-2-1-3-5-7/h1-5,8,14H,6H2. The summed E-state index contributed by atoms with van der Waals surface area (Å²) in [4.78, 5) is -0.259. The number of benzene rings is 1. The minimum absolute atomic E-state index is 0.259. The van der Waals surface area contributed by atoms with E-state index in [1.165, 1.54) is 35.1 Å². The minimum atomic E-state index is -4.39. The molecule has 96 valence electrons. The number of hydrogen-bond donors (Lipinski definition) is 1. The fraction of sp³-hybridized carbons (Fsp3) is 0.333. The maximum Gasteiger partial charge on any atom is 0.320 e. The van der Waals surface area contributed by atoms with Crippen molar-refractivity contribution in [3.63, 3.8) is 0 Å². The quantitative estimate of drug-likeness (QED) is 0.831. The first-order valence-corrected chi connectivity index (χ1v) is 5.95. The minimum Gasteiger partial charge on any atom is -0.207 e. The van der Waals surface area contributed by atoms with Crippen LogP contribution >= 0.6 is 0 Å². The summed E-state index contributed by atoms with van der Waals surface area (Å²) >= 11 is 0. The highest BCUT2D eigenvalue weighted by Crippen LogP contribution is 2.22. The molecule has 0 radical (unpaired) electrons. The molecule has 1 N–H and O–H groups in total. The van der Waals surface area contributed by atoms with Crippen LogP contribution in [0, 0.1) is 0 Å². The zero-order valence-corrected chi connectivity index (χ0v) is 9.22. The molecule has 0 aliphatic heterocycles. The van der Waals surface area contributed by atoms with Crippen molar-refractivity contribution in [1.82, 2.24) is 4.72 Å². The van der Waals surface area contributed by atoms with Gasteiger partial charge in [0.1, 0.15) is 0 Å². The molecule has 3 nitrogen and oxygen atoms in total. The summed E-state index contributed by atoms with van der Waals surface area (Å²) in [7, 11) is -4.19. The van der Waals surface area contributed by atoms with E-state index in [9.17, 15) is 26.0 Å². The summed E-state index contributed by atoms with van der Waals surface area (Å²) in [5.41, 5.74) is 0. The maximum absolute atomic E-state index is 12.5. The zero-order chi connectivity index (χ0) is 13.1. The molecule has 0 bridgehead atoms. The van der Waals surface area contributed by atoms with E-state index in [1.54, 1.807) is 0 Å². The lowest BCUT2D eigenvalue weighted by Gasteiger charge is -2.15. The smallest absolute Gasteiger partial charge is 0.207 e. The number of halogens is 4. The van der Waals surface area contributed by atoms with E-state index in [0.717, 1.165) is 0 Å². The van der Waals surface area contributed by atoms with Gasteiger partial charge in [0.2, 0.25) is 10.0 Å². The molecular weight excluding hydrogens is 262 g/mol. The van der Waals surface area contributed by atoms with Crippen LogP contribution in [0.15, 0.2) is 35.2 Å². The van der Waals surface area contributed by atoms with Gasteiger partial charge in [0.15, 0.2) is 0 Å². The van der Waals surface area contributed by atoms with Gasteiger partial charge in [-0.05, 0) is 12.1 Å². The van der Waals surface area contributed by atoms with Crippen molar-refractivity contribution in [2.45, 2.75) is 17.2 Å². The number of rotatable bonds is 5. The van der Waals surface area contributed by atoms with Crippen molar-refractivity contribution in [3.8, 4) is 0 Å². The van der Waals surface area contributed by atoms with Crippen molar-refractivity contribution < 1.29 is 26.0 Å². The summed E-state index contributed by atoms with van der Waals surface area (Å²) in [6.45, 7) is -1.64. The molecule has 17 heavy (non-hydrogen) atoms. The van der Waals surface area contributed by atoms with E-state index in [4.69, 9.17) is 0 Å². The summed E-state index contributed by atoms with van der Waals surface area (Å²) in [5, 5.41) is 0. The normalized spacial score (nSPS) is 13.0. The van der Waals surface area contributed by atoms with E-state index >= 15 is 0 Å². The molecule has 0 fully saturated rings. The molecule has 0 atom stereocenters. The van der Waals surface area contributed by atoms with Gasteiger partial charge in [0.05, 0.1) is 11.4 Å². The molecule has 0 saturated carbocycles. The topological polar surface area (TPSA) is 46.2 Å². The first kappa shape index (κ1) is 13.9. The SMILES string of the molecule is O=S(=O)(NCC(F)(F)C(F)F)c1ccccc1. The first-order valence-electron chi connectivity index (χ1n) is 4.46. The molecule has 0 heterocycles. The second-order valence-corrected chi connectivity index (χ2v) is 4.97. The predicted octanol–water partition coefficient (Wildman–Crippen LogP) is 1.87. The third-order valence-electron chi connectivity index (χ3n) is 1.87. The average molecular weight is 271 g/mol. The van der Waals surface area contributed by atoms with Crippen molar-refractivity contribution >= 4 is 10.0 Å². The molecule has 8 heteroatoms. The van der Waals surface area contributed by atoms with Gasteiger partial charge in [0.25, 0.3) is 0 Å². The lowest BCUT2D eigenvalue weighted by molar-refractivity contribution is -0.122. The Bertz CT molecular complexity index is 461. The maximum atomic E-state index is 12.5. The molecule has 0 spiro atoms. The summed E-state index contributed by atoms with van der Waals surface area (Å²) in [6, 6.07) is 6.65. The van der Waals surface area contributed by atoms with Gasteiger partial charge in [-0.15, -0.1) is 0 Å². The molecular formula is C9H9F4NO2S. The molecule has 0 amide bonds. The molecule has 0 unspecified atom stereocenters. The van der Waals surface area contributed by atoms with Crippen LogP contribution in [-0.4, -0.2) is 27.3 Å². The Morgan fingerprint density at radius 3 is 2.18 bits per heavy atom. The van der Waals surface area contributed by atoms with Crippen LogP contribution in [-0.2, 0) is 10.0 Å². The molecule has 0 aliphatic carbocycles. The van der Waals surface area contributed by atoms with Crippen LogP contribution in [0.25, 0.3) is 0 Å². The fourth-order valence-electron chi connectivity index (χ4n) is 0.951. The predicted molar refractivity (Wildman–Crippen MR) is 52.6 cm³/mol. The Morgan fingerprint density at radius 2 is 1.71 bits per heavy atom. The van der Waals surface area contributed by atoms with Crippen molar-refractivity contribution in [3.05, 3.63) is 30.3 Å². The van der Waals surface area contributed by atoms with Crippen LogP contribution in [0.4, 0.5) is 17.6 Å². The Morgan fingerprint density at radius 1 is 1.18 bits per heavy atom. The average Bonchev–Trinajstić information content (AvgIpc) is 2.28. The van der Waals surface area contributed by atoms with E-state index in [-0.39, 0.29) is 4.90 Å². The Hall–Kier alpha value is -1.15. The molecule has 0 aromatic heterocycles. The first-order chi connectivity index (χ1) is 7.76. The number of nitrogens with one attached hydrogen (secondary N) is 1. The van der Waals surface area contributed by atoms with E-state index in [1.807, 2.05) is 0 Å². The highest BCUT2D eigenvalue weighted by atomic mass is 32.2. The van der Waals surface area contributed by atoms with Crippen molar-refractivity contribution in [2.24, 2.45) is 0 Å². The van der Waals surface area contributed by atoms with Crippen molar-refractivity contribution in [1.29, 1.82) is 0 Å². The fourth-order valence-corrected chi connectivity index (χ4v) is 2.02. The zero-order valence-electron chi connectivity index (χ0n) is 8.41. The van der Waals surface area contributed by atoms with Gasteiger partial charge in [-0.2, -0.15) is 8.78 Å². The Kier molecular flexibility index (Phi) is 4.10. The Balaban J connectivity index is 2.77. The third kappa shape index (κ3) is 3.67. The van der Waals surface area contributed by atoms with Gasteiger partial charge in [-0.25, -0.2) is 21.9 Å². The number of sulfonamides is 1. The highest BCUT2D eigenvalue weighted by Gasteiger charge is 2.41. The number of hydrogen-bond acceptors (Lipinski definition) is 2. The van der Waals surface area contributed by atoms with Crippen LogP contribution < -0.4 is 4.72 Å². The van der Waals surface area contributed by atoms with Crippen LogP contribution in [0.1, 0.15) is 0 Å². The van der Waals surface area contributed by atoms with E-state index < -0.39 is 28.9 Å². The van der Waals surface area contributed by atoms with Gasteiger partial charge in [-0.1, -0.05) is 18.2 Å². The van der Waals surface area contributed by atoms with Gasteiger partial charge in [0, 0.05) is 0 Å². The molecule has 1 aromatic rings. The third-order valence-corrected chi connectivity index (χ3v) is 3.29. The lowest BCUT2D eigenvalue weighted by Crippen LogP contribution is -2.41. The molecule has 0 saturated heterocycles. The van der Waals surface area contributed by atoms with Crippen molar-refractivity contribution in [2.75, 3.05) is 6.54 Å². The Labute approximate surface area is 95.5 Å². The summed E-state index contributed by atoms with van der Waals surface area (Å²) in [6.07, 6.45) is -3.92. The lowest BCUT2D eigenvalue weighted by atomic mass is 10.4. The largest absolute Gasteiger partial charge is 0.320 e. The second kappa shape index (κ2) is 5.01. The van der Waals surface area contributed by atoms with Crippen LogP contribution in [0.3, 0.4) is 0 Å². The van der Waals surface area contributed by atoms with E-state index in [0.29, 0.717) is 0 Å². The second-order valence-electron chi connectivity index (χ2n) is 3.20. The summed E-state index contributed by atoms with van der Waals surface area (Å²) < 4.78 is 72.9.